The molecule has 0 spiro atoms. The van der Waals surface area contributed by atoms with Crippen molar-refractivity contribution in [3.8, 4) is 0 Å². The van der Waals surface area contributed by atoms with Gasteiger partial charge in [0.2, 0.25) is 5.91 Å². The normalized spacial score (nSPS) is 11.0. The molecule has 0 aliphatic carbocycles. The van der Waals surface area contributed by atoms with Gasteiger partial charge in [-0.15, -0.1) is 23.1 Å². The molecule has 3 aromatic rings. The number of aromatic nitrogens is 2. The van der Waals surface area contributed by atoms with Gasteiger partial charge < -0.3 is 5.32 Å². The number of nitrogens with one attached hydrogen (secondary N) is 1. The Kier molecular flexibility index (Phi) is 5.82. The van der Waals surface area contributed by atoms with Crippen LogP contribution in [0.2, 0.25) is 0 Å². The van der Waals surface area contributed by atoms with Crippen LogP contribution in [0.3, 0.4) is 0 Å². The third-order valence-electron chi connectivity index (χ3n) is 3.53. The molecule has 0 bridgehead atoms. The highest BCUT2D eigenvalue weighted by Crippen LogP contribution is 2.22. The van der Waals surface area contributed by atoms with E-state index in [0.29, 0.717) is 21.9 Å². The summed E-state index contributed by atoms with van der Waals surface area (Å²) in [5, 5.41) is 5.32. The molecule has 0 unspecified atom stereocenters. The Morgan fingerprint density at radius 3 is 2.96 bits per heavy atom. The predicted molar refractivity (Wildman–Crippen MR) is 107 cm³/mol. The van der Waals surface area contributed by atoms with Crippen molar-refractivity contribution in [1.82, 2.24) is 9.55 Å². The van der Waals surface area contributed by atoms with Crippen LogP contribution < -0.4 is 10.9 Å². The van der Waals surface area contributed by atoms with Crippen molar-refractivity contribution in [2.75, 3.05) is 17.3 Å². The van der Waals surface area contributed by atoms with E-state index in [9.17, 15) is 9.59 Å². The summed E-state index contributed by atoms with van der Waals surface area (Å²) in [7, 11) is 0. The third kappa shape index (κ3) is 4.08. The zero-order valence-electron chi connectivity index (χ0n) is 13.8. The smallest absolute Gasteiger partial charge is 0.272 e. The van der Waals surface area contributed by atoms with Gasteiger partial charge >= 0.3 is 0 Å². The molecule has 3 rings (SSSR count). The van der Waals surface area contributed by atoms with Crippen LogP contribution in [-0.2, 0) is 11.3 Å². The highest BCUT2D eigenvalue weighted by Gasteiger charge is 2.13. The quantitative estimate of drug-likeness (QED) is 0.509. The summed E-state index contributed by atoms with van der Waals surface area (Å²) in [6.45, 7) is 2.43. The first kappa shape index (κ1) is 18.0. The van der Waals surface area contributed by atoms with Gasteiger partial charge in [-0.2, -0.15) is 0 Å². The lowest BCUT2D eigenvalue weighted by Gasteiger charge is -2.10. The molecule has 0 aliphatic heterocycles. The van der Waals surface area contributed by atoms with Crippen LogP contribution >= 0.6 is 34.9 Å². The summed E-state index contributed by atoms with van der Waals surface area (Å²) in [6, 6.07) is 9.54. The number of carbonyl (C=O) groups excluding carboxylic acids is 1. The molecular formula is C17H17N3O2S3. The van der Waals surface area contributed by atoms with Crippen LogP contribution in [0.1, 0.15) is 6.92 Å². The SMILES string of the molecule is CCn1c(SCC(=O)Nc2cccc(SC)c2)nc2ccsc2c1=O. The zero-order valence-corrected chi connectivity index (χ0v) is 16.3. The Morgan fingerprint density at radius 2 is 2.20 bits per heavy atom. The van der Waals surface area contributed by atoms with Gasteiger partial charge in [0.15, 0.2) is 5.16 Å². The van der Waals surface area contributed by atoms with Gasteiger partial charge in [-0.05, 0) is 42.8 Å². The largest absolute Gasteiger partial charge is 0.325 e. The standard InChI is InChI=1S/C17H17N3O2S3/c1-3-20-16(22)15-13(7-8-24-15)19-17(20)25-10-14(21)18-11-5-4-6-12(9-11)23-2/h4-9H,3,10H2,1-2H3,(H,18,21). The maximum Gasteiger partial charge on any atom is 0.272 e. The number of rotatable bonds is 6. The molecule has 0 saturated heterocycles. The lowest BCUT2D eigenvalue weighted by Crippen LogP contribution is -2.22. The van der Waals surface area contributed by atoms with Gasteiger partial charge in [-0.3, -0.25) is 14.2 Å². The van der Waals surface area contributed by atoms with E-state index in [1.807, 2.05) is 48.9 Å². The van der Waals surface area contributed by atoms with Crippen LogP contribution in [0.5, 0.6) is 0 Å². The van der Waals surface area contributed by atoms with Crippen molar-refractivity contribution in [3.05, 3.63) is 46.1 Å². The van der Waals surface area contributed by atoms with Gasteiger partial charge in [0.25, 0.3) is 5.56 Å². The van der Waals surface area contributed by atoms with Crippen molar-refractivity contribution in [2.24, 2.45) is 0 Å². The molecular weight excluding hydrogens is 374 g/mol. The van der Waals surface area contributed by atoms with Gasteiger partial charge in [-0.25, -0.2) is 4.98 Å². The number of thioether (sulfide) groups is 2. The van der Waals surface area contributed by atoms with E-state index in [-0.39, 0.29) is 17.2 Å². The number of carbonyl (C=O) groups is 1. The van der Waals surface area contributed by atoms with Crippen LogP contribution in [-0.4, -0.2) is 27.5 Å². The second kappa shape index (κ2) is 8.07. The van der Waals surface area contributed by atoms with Crippen LogP contribution in [0.25, 0.3) is 10.2 Å². The number of nitrogens with zero attached hydrogens (tertiary/aromatic N) is 2. The first-order valence-corrected chi connectivity index (χ1v) is 10.8. The van der Waals surface area contributed by atoms with Gasteiger partial charge in [0.1, 0.15) is 4.70 Å². The molecule has 2 heterocycles. The molecule has 8 heteroatoms. The Labute approximate surface area is 157 Å². The summed E-state index contributed by atoms with van der Waals surface area (Å²) in [5.74, 6) is 0.0801. The van der Waals surface area contributed by atoms with E-state index in [2.05, 4.69) is 10.3 Å². The van der Waals surface area contributed by atoms with E-state index in [1.54, 1.807) is 16.3 Å². The molecule has 1 amide bonds. The summed E-state index contributed by atoms with van der Waals surface area (Å²) in [6.07, 6.45) is 1.99. The predicted octanol–water partition coefficient (Wildman–Crippen LogP) is 3.93. The fourth-order valence-electron chi connectivity index (χ4n) is 2.34. The van der Waals surface area contributed by atoms with Gasteiger partial charge in [-0.1, -0.05) is 17.8 Å². The summed E-state index contributed by atoms with van der Waals surface area (Å²) in [5.41, 5.74) is 1.42. The van der Waals surface area contributed by atoms with E-state index < -0.39 is 0 Å². The average molecular weight is 392 g/mol. The Bertz CT molecular complexity index is 965. The third-order valence-corrected chi connectivity index (χ3v) is 6.13. The molecule has 0 saturated carbocycles. The van der Waals surface area contributed by atoms with E-state index in [0.717, 1.165) is 10.6 Å². The molecule has 0 atom stereocenters. The van der Waals surface area contributed by atoms with Crippen molar-refractivity contribution < 1.29 is 4.79 Å². The van der Waals surface area contributed by atoms with E-state index in [1.165, 1.54) is 23.1 Å². The number of hydrogen-bond acceptors (Lipinski definition) is 6. The van der Waals surface area contributed by atoms with Crippen LogP contribution in [0.15, 0.2) is 50.6 Å². The monoisotopic (exact) mass is 391 g/mol. The fraction of sp³-hybridized carbons (Fsp3) is 0.235. The first-order valence-electron chi connectivity index (χ1n) is 7.67. The minimum Gasteiger partial charge on any atom is -0.325 e. The van der Waals surface area contributed by atoms with Gasteiger partial charge in [0, 0.05) is 17.1 Å². The first-order chi connectivity index (χ1) is 12.1. The Hall–Kier alpha value is -1.77. The Balaban J connectivity index is 1.73. The molecule has 2 aromatic heterocycles. The maximum absolute atomic E-state index is 12.5. The molecule has 0 fully saturated rings. The summed E-state index contributed by atoms with van der Waals surface area (Å²) < 4.78 is 2.27. The number of amides is 1. The highest BCUT2D eigenvalue weighted by molar-refractivity contribution is 7.99. The zero-order chi connectivity index (χ0) is 17.8. The molecule has 1 aromatic carbocycles. The van der Waals surface area contributed by atoms with Crippen molar-refractivity contribution in [2.45, 2.75) is 23.5 Å². The average Bonchev–Trinajstić information content (AvgIpc) is 3.09. The molecule has 130 valence electrons. The second-order valence-electron chi connectivity index (χ2n) is 5.15. The lowest BCUT2D eigenvalue weighted by molar-refractivity contribution is -0.113. The second-order valence-corrected chi connectivity index (χ2v) is 7.89. The molecule has 5 nitrogen and oxygen atoms in total. The topological polar surface area (TPSA) is 64.0 Å². The summed E-state index contributed by atoms with van der Waals surface area (Å²) in [4.78, 5) is 30.3. The number of hydrogen-bond donors (Lipinski definition) is 1. The molecule has 0 aliphatic rings. The molecule has 25 heavy (non-hydrogen) atoms. The van der Waals surface area contributed by atoms with E-state index >= 15 is 0 Å². The minimum absolute atomic E-state index is 0.0434. The van der Waals surface area contributed by atoms with Crippen molar-refractivity contribution >= 4 is 56.7 Å². The number of fused-ring (bicyclic) bond motifs is 1. The Morgan fingerprint density at radius 1 is 1.36 bits per heavy atom. The lowest BCUT2D eigenvalue weighted by atomic mass is 10.3. The fourth-order valence-corrected chi connectivity index (χ4v) is 4.44. The molecule has 0 radical (unpaired) electrons. The van der Waals surface area contributed by atoms with Gasteiger partial charge in [0.05, 0.1) is 11.3 Å². The summed E-state index contributed by atoms with van der Waals surface area (Å²) >= 11 is 4.30. The minimum atomic E-state index is -0.120. The maximum atomic E-state index is 12.5. The molecule has 1 N–H and O–H groups in total. The number of thiophene rings is 1. The van der Waals surface area contributed by atoms with Crippen molar-refractivity contribution in [3.63, 3.8) is 0 Å². The van der Waals surface area contributed by atoms with E-state index in [4.69, 9.17) is 0 Å². The van der Waals surface area contributed by atoms with Crippen LogP contribution in [0.4, 0.5) is 5.69 Å². The number of benzene rings is 1. The highest BCUT2D eigenvalue weighted by atomic mass is 32.2. The number of anilines is 1. The van der Waals surface area contributed by atoms with Crippen molar-refractivity contribution in [1.29, 1.82) is 0 Å². The van der Waals surface area contributed by atoms with Crippen LogP contribution in [0, 0.1) is 0 Å².